The summed E-state index contributed by atoms with van der Waals surface area (Å²) in [5.74, 6) is 0. The molecule has 0 radical (unpaired) electrons. The predicted molar refractivity (Wildman–Crippen MR) is 101 cm³/mol. The molecule has 2 heterocycles. The Kier molecular flexibility index (Phi) is 2.61. The zero-order valence-electron chi connectivity index (χ0n) is 12.4. The molecule has 0 nitrogen and oxygen atoms in total. The van der Waals surface area contributed by atoms with Crippen molar-refractivity contribution in [3.05, 3.63) is 57.8 Å². The first-order chi connectivity index (χ1) is 10.7. The zero-order valence-corrected chi connectivity index (χ0v) is 15.0. The second-order valence-corrected chi connectivity index (χ2v) is 10.0. The zero-order chi connectivity index (χ0) is 14.8. The summed E-state index contributed by atoms with van der Waals surface area (Å²) in [6.07, 6.45) is 0. The van der Waals surface area contributed by atoms with E-state index in [0.29, 0.717) is 14.5 Å². The molecule has 0 amide bonds. The van der Waals surface area contributed by atoms with Gasteiger partial charge in [-0.25, -0.2) is 0 Å². The van der Waals surface area contributed by atoms with Crippen LogP contribution < -0.4 is 0 Å². The van der Waals surface area contributed by atoms with E-state index in [0.717, 1.165) is 0 Å². The summed E-state index contributed by atoms with van der Waals surface area (Å²) < 4.78 is 4.45. The second-order valence-electron chi connectivity index (χ2n) is 6.04. The first-order valence-corrected chi connectivity index (χ1v) is 9.96. The SMILES string of the molecule is Cc1cc2cc3cc4cc5cc(C)[se]c5cc4cc3cc2s1. The Morgan fingerprint density at radius 3 is 2.09 bits per heavy atom. The molecule has 0 fully saturated rings. The molecule has 106 valence electrons. The van der Waals surface area contributed by atoms with E-state index in [2.05, 4.69) is 62.4 Å². The topological polar surface area (TPSA) is 0 Å². The monoisotopic (exact) mass is 366 g/mol. The number of hydrogen-bond acceptors (Lipinski definition) is 1. The molecule has 0 N–H and O–H groups in total. The molecule has 2 heteroatoms. The molecule has 0 spiro atoms. The van der Waals surface area contributed by atoms with Crippen molar-refractivity contribution in [3.8, 4) is 0 Å². The minimum absolute atomic E-state index is 0.521. The van der Waals surface area contributed by atoms with Crippen LogP contribution in [0, 0.1) is 13.8 Å². The summed E-state index contributed by atoms with van der Waals surface area (Å²) >= 11 is 2.41. The number of hydrogen-bond donors (Lipinski definition) is 0. The number of thiophene rings is 1. The molecule has 22 heavy (non-hydrogen) atoms. The van der Waals surface area contributed by atoms with Crippen molar-refractivity contribution in [3.63, 3.8) is 0 Å². The molecule has 0 unspecified atom stereocenters. The van der Waals surface area contributed by atoms with Crippen molar-refractivity contribution >= 4 is 67.1 Å². The minimum atomic E-state index is 0.521. The van der Waals surface area contributed by atoms with E-state index in [1.807, 2.05) is 11.3 Å². The molecular formula is C20H14SSe. The Balaban J connectivity index is 1.92. The molecule has 0 aliphatic rings. The molecule has 5 rings (SSSR count). The van der Waals surface area contributed by atoms with E-state index >= 15 is 0 Å². The van der Waals surface area contributed by atoms with E-state index in [1.165, 1.54) is 50.6 Å². The van der Waals surface area contributed by atoms with Crippen molar-refractivity contribution in [2.24, 2.45) is 0 Å². The van der Waals surface area contributed by atoms with Crippen molar-refractivity contribution in [2.75, 3.05) is 0 Å². The molecule has 3 aromatic carbocycles. The van der Waals surface area contributed by atoms with Crippen LogP contribution >= 0.6 is 11.3 Å². The van der Waals surface area contributed by atoms with Crippen LogP contribution in [0.15, 0.2) is 48.5 Å². The third-order valence-electron chi connectivity index (χ3n) is 4.31. The van der Waals surface area contributed by atoms with Gasteiger partial charge >= 0.3 is 139 Å². The van der Waals surface area contributed by atoms with Gasteiger partial charge in [0.05, 0.1) is 0 Å². The number of fused-ring (bicyclic) bond motifs is 4. The quantitative estimate of drug-likeness (QED) is 0.232. The van der Waals surface area contributed by atoms with Crippen LogP contribution in [-0.4, -0.2) is 14.5 Å². The molecule has 0 aliphatic heterocycles. The normalized spacial score (nSPS) is 12.1. The second kappa shape index (κ2) is 4.45. The van der Waals surface area contributed by atoms with Gasteiger partial charge in [-0.3, -0.25) is 0 Å². The Hall–Kier alpha value is -1.60. The van der Waals surface area contributed by atoms with Gasteiger partial charge in [0.1, 0.15) is 0 Å². The maximum absolute atomic E-state index is 2.40. The molecule has 0 saturated heterocycles. The van der Waals surface area contributed by atoms with Gasteiger partial charge in [0.15, 0.2) is 0 Å². The van der Waals surface area contributed by atoms with Gasteiger partial charge in [-0.15, -0.1) is 0 Å². The van der Waals surface area contributed by atoms with E-state index in [1.54, 1.807) is 0 Å². The van der Waals surface area contributed by atoms with Crippen LogP contribution in [0.2, 0.25) is 0 Å². The summed E-state index contributed by atoms with van der Waals surface area (Å²) in [7, 11) is 0. The third kappa shape index (κ3) is 1.88. The van der Waals surface area contributed by atoms with Crippen LogP contribution in [0.1, 0.15) is 9.31 Å². The van der Waals surface area contributed by atoms with Crippen LogP contribution in [0.4, 0.5) is 0 Å². The average Bonchev–Trinajstić information content (AvgIpc) is 2.99. The van der Waals surface area contributed by atoms with Crippen molar-refractivity contribution in [1.29, 1.82) is 0 Å². The molecular weight excluding hydrogens is 351 g/mol. The summed E-state index contributed by atoms with van der Waals surface area (Å²) in [4.78, 5) is 1.39. The Morgan fingerprint density at radius 2 is 1.27 bits per heavy atom. The van der Waals surface area contributed by atoms with E-state index in [4.69, 9.17) is 0 Å². The van der Waals surface area contributed by atoms with Crippen molar-refractivity contribution < 1.29 is 0 Å². The summed E-state index contributed by atoms with van der Waals surface area (Å²) in [5.41, 5.74) is 0. The van der Waals surface area contributed by atoms with E-state index in [-0.39, 0.29) is 0 Å². The summed E-state index contributed by atoms with van der Waals surface area (Å²) in [5, 5.41) is 8.24. The van der Waals surface area contributed by atoms with Crippen molar-refractivity contribution in [1.82, 2.24) is 0 Å². The first kappa shape index (κ1) is 12.9. The first-order valence-electron chi connectivity index (χ1n) is 7.44. The van der Waals surface area contributed by atoms with Gasteiger partial charge in [0, 0.05) is 0 Å². The molecule has 2 aromatic heterocycles. The number of aryl methyl sites for hydroxylation is 2. The van der Waals surface area contributed by atoms with Gasteiger partial charge in [0.2, 0.25) is 0 Å². The van der Waals surface area contributed by atoms with Crippen LogP contribution in [-0.2, 0) is 0 Å². The van der Waals surface area contributed by atoms with Gasteiger partial charge in [-0.05, 0) is 0 Å². The predicted octanol–water partition coefficient (Wildman–Crippen LogP) is 6.03. The molecule has 0 bridgehead atoms. The number of benzene rings is 3. The molecule has 5 aromatic rings. The fourth-order valence-electron chi connectivity index (χ4n) is 3.34. The maximum atomic E-state index is 2.40. The van der Waals surface area contributed by atoms with E-state index in [9.17, 15) is 0 Å². The van der Waals surface area contributed by atoms with Gasteiger partial charge in [0.25, 0.3) is 0 Å². The fraction of sp³-hybridized carbons (Fsp3) is 0.100. The van der Waals surface area contributed by atoms with Crippen LogP contribution in [0.3, 0.4) is 0 Å². The van der Waals surface area contributed by atoms with E-state index < -0.39 is 0 Å². The molecule has 0 atom stereocenters. The van der Waals surface area contributed by atoms with Gasteiger partial charge in [-0.1, -0.05) is 0 Å². The Labute approximate surface area is 138 Å². The molecule has 0 saturated carbocycles. The Bertz CT molecular complexity index is 1010. The van der Waals surface area contributed by atoms with Gasteiger partial charge < -0.3 is 0 Å². The molecule has 0 aliphatic carbocycles. The van der Waals surface area contributed by atoms with Crippen LogP contribution in [0.5, 0.6) is 0 Å². The third-order valence-corrected chi connectivity index (χ3v) is 7.45. The Morgan fingerprint density at radius 1 is 0.636 bits per heavy atom. The van der Waals surface area contributed by atoms with Crippen molar-refractivity contribution in [2.45, 2.75) is 13.8 Å². The number of rotatable bonds is 0. The average molecular weight is 365 g/mol. The van der Waals surface area contributed by atoms with Crippen LogP contribution in [0.25, 0.3) is 41.3 Å². The summed E-state index contributed by atoms with van der Waals surface area (Å²) in [6, 6.07) is 18.8. The summed E-state index contributed by atoms with van der Waals surface area (Å²) in [6.45, 7) is 4.44. The fourth-order valence-corrected chi connectivity index (χ4v) is 6.30. The standard InChI is InChI=1S/C20H14SSe/c1-11-3-17-7-13-5-14-8-18-4-12(2)22-20(18)10-16(14)6-15(13)9-19(17)21-11/h3-10H,1-2H3. The van der Waals surface area contributed by atoms with Gasteiger partial charge in [-0.2, -0.15) is 0 Å².